The number of anilines is 2. The first-order chi connectivity index (χ1) is 17.2. The monoisotopic (exact) mass is 473 g/mol. The molecule has 5 rings (SSSR count). The van der Waals surface area contributed by atoms with Crippen molar-refractivity contribution in [2.75, 3.05) is 56.7 Å². The molecule has 1 aliphatic heterocycles. The van der Waals surface area contributed by atoms with E-state index in [1.54, 1.807) is 0 Å². The molecule has 0 radical (unpaired) electrons. The van der Waals surface area contributed by atoms with Gasteiger partial charge in [-0.1, -0.05) is 30.3 Å². The second kappa shape index (κ2) is 10.7. The van der Waals surface area contributed by atoms with Gasteiger partial charge in [-0.3, -0.25) is 5.10 Å². The van der Waals surface area contributed by atoms with Crippen molar-refractivity contribution >= 4 is 22.4 Å². The van der Waals surface area contributed by atoms with E-state index in [-0.39, 0.29) is 0 Å². The fourth-order valence-electron chi connectivity index (χ4n) is 4.18. The van der Waals surface area contributed by atoms with Gasteiger partial charge in [0.1, 0.15) is 24.7 Å². The summed E-state index contributed by atoms with van der Waals surface area (Å²) >= 11 is 0. The first-order valence-electron chi connectivity index (χ1n) is 11.9. The average molecular weight is 474 g/mol. The van der Waals surface area contributed by atoms with Gasteiger partial charge in [0, 0.05) is 48.9 Å². The van der Waals surface area contributed by atoms with E-state index in [2.05, 4.69) is 44.5 Å². The Balaban J connectivity index is 1.16. The zero-order chi connectivity index (χ0) is 24.0. The third-order valence-electron chi connectivity index (χ3n) is 6.25. The van der Waals surface area contributed by atoms with Crippen molar-refractivity contribution in [1.82, 2.24) is 15.1 Å². The molecule has 8 heteroatoms. The lowest BCUT2D eigenvalue weighted by Crippen LogP contribution is -2.44. The smallest absolute Gasteiger partial charge is 0.157 e. The van der Waals surface area contributed by atoms with Gasteiger partial charge in [-0.15, -0.1) is 0 Å². The van der Waals surface area contributed by atoms with Crippen LogP contribution in [0.4, 0.5) is 11.5 Å². The number of ether oxygens (including phenoxy) is 2. The standard InChI is InChI=1S/C27H31N5O3/c1-31-13-15-32(16-14-31)21-9-7-20(8-10-21)27(33)28-26-24-12-11-23(19-25(24)29-30-26)35-18-17-34-22-5-3-2-4-6-22/h2-12,19,27,33H,13-18H2,1H3,(H2,28,29,30). The van der Waals surface area contributed by atoms with Crippen LogP contribution in [0.5, 0.6) is 11.5 Å². The quantitative estimate of drug-likeness (QED) is 0.251. The van der Waals surface area contributed by atoms with Crippen molar-refractivity contribution in [2.45, 2.75) is 6.23 Å². The molecule has 8 nitrogen and oxygen atoms in total. The van der Waals surface area contributed by atoms with Gasteiger partial charge in [0.2, 0.25) is 0 Å². The number of aromatic amines is 1. The van der Waals surface area contributed by atoms with Crippen LogP contribution in [0, 0.1) is 0 Å². The molecular formula is C27H31N5O3. The maximum absolute atomic E-state index is 10.8. The number of fused-ring (bicyclic) bond motifs is 1. The molecule has 1 unspecified atom stereocenters. The zero-order valence-electron chi connectivity index (χ0n) is 19.9. The molecule has 0 saturated carbocycles. The maximum Gasteiger partial charge on any atom is 0.157 e. The third kappa shape index (κ3) is 5.67. The van der Waals surface area contributed by atoms with Crippen LogP contribution in [-0.2, 0) is 0 Å². The van der Waals surface area contributed by atoms with E-state index < -0.39 is 6.23 Å². The lowest BCUT2D eigenvalue weighted by atomic mass is 10.1. The van der Waals surface area contributed by atoms with Crippen LogP contribution in [0.25, 0.3) is 10.9 Å². The van der Waals surface area contributed by atoms with Crippen LogP contribution in [0.15, 0.2) is 72.8 Å². The predicted molar refractivity (Wildman–Crippen MR) is 138 cm³/mol. The Labute approximate surface area is 205 Å². The Morgan fingerprint density at radius 3 is 2.37 bits per heavy atom. The minimum atomic E-state index is -0.867. The van der Waals surface area contributed by atoms with Gasteiger partial charge in [0.25, 0.3) is 0 Å². The van der Waals surface area contributed by atoms with Gasteiger partial charge in [0.15, 0.2) is 12.0 Å². The summed E-state index contributed by atoms with van der Waals surface area (Å²) in [5, 5.41) is 22.1. The first-order valence-corrected chi connectivity index (χ1v) is 11.9. The normalized spacial score (nSPS) is 15.2. The lowest BCUT2D eigenvalue weighted by Gasteiger charge is -2.34. The van der Waals surface area contributed by atoms with Crippen LogP contribution in [0.2, 0.25) is 0 Å². The Bertz CT molecular complexity index is 1220. The molecule has 35 heavy (non-hydrogen) atoms. The molecule has 2 heterocycles. The van der Waals surface area contributed by atoms with Crippen molar-refractivity contribution < 1.29 is 14.6 Å². The Hall–Kier alpha value is -3.75. The molecule has 1 saturated heterocycles. The maximum atomic E-state index is 10.8. The molecule has 0 bridgehead atoms. The molecule has 1 aliphatic rings. The summed E-state index contributed by atoms with van der Waals surface area (Å²) in [6, 6.07) is 23.4. The molecular weight excluding hydrogens is 442 g/mol. The van der Waals surface area contributed by atoms with E-state index in [0.29, 0.717) is 19.0 Å². The number of rotatable bonds is 9. The topological polar surface area (TPSA) is 85.9 Å². The molecule has 3 aromatic carbocycles. The fourth-order valence-corrected chi connectivity index (χ4v) is 4.18. The summed E-state index contributed by atoms with van der Waals surface area (Å²) in [4.78, 5) is 4.71. The zero-order valence-corrected chi connectivity index (χ0v) is 19.9. The summed E-state index contributed by atoms with van der Waals surface area (Å²) in [6.07, 6.45) is -0.867. The summed E-state index contributed by atoms with van der Waals surface area (Å²) in [5.74, 6) is 2.14. The fraction of sp³-hybridized carbons (Fsp3) is 0.296. The number of benzene rings is 3. The van der Waals surface area contributed by atoms with Crippen LogP contribution >= 0.6 is 0 Å². The van der Waals surface area contributed by atoms with Gasteiger partial charge >= 0.3 is 0 Å². The summed E-state index contributed by atoms with van der Waals surface area (Å²) in [6.45, 7) is 5.04. The van der Waals surface area contributed by atoms with Crippen LogP contribution in [0.1, 0.15) is 11.8 Å². The number of aliphatic hydroxyl groups excluding tert-OH is 1. The highest BCUT2D eigenvalue weighted by Gasteiger charge is 2.16. The largest absolute Gasteiger partial charge is 0.490 e. The predicted octanol–water partition coefficient (Wildman–Crippen LogP) is 3.88. The summed E-state index contributed by atoms with van der Waals surface area (Å²) < 4.78 is 11.5. The van der Waals surface area contributed by atoms with Crippen LogP contribution < -0.4 is 19.7 Å². The van der Waals surface area contributed by atoms with Crippen molar-refractivity contribution in [3.05, 3.63) is 78.4 Å². The van der Waals surface area contributed by atoms with Gasteiger partial charge in [-0.2, -0.15) is 5.10 Å². The van der Waals surface area contributed by atoms with Crippen molar-refractivity contribution in [1.29, 1.82) is 0 Å². The number of nitrogens with zero attached hydrogens (tertiary/aromatic N) is 3. The third-order valence-corrected chi connectivity index (χ3v) is 6.25. The van der Waals surface area contributed by atoms with Crippen molar-refractivity contribution in [2.24, 2.45) is 0 Å². The minimum absolute atomic E-state index is 0.433. The number of aliphatic hydroxyl groups is 1. The lowest BCUT2D eigenvalue weighted by molar-refractivity contribution is 0.208. The molecule has 182 valence electrons. The molecule has 0 spiro atoms. The second-order valence-electron chi connectivity index (χ2n) is 8.72. The molecule has 4 aromatic rings. The minimum Gasteiger partial charge on any atom is -0.490 e. The van der Waals surface area contributed by atoms with E-state index in [4.69, 9.17) is 9.47 Å². The Kier molecular flexibility index (Phi) is 7.02. The first kappa shape index (κ1) is 23.0. The number of hydrogen-bond donors (Lipinski definition) is 3. The van der Waals surface area contributed by atoms with Crippen molar-refractivity contribution in [3.8, 4) is 11.5 Å². The van der Waals surface area contributed by atoms with Gasteiger partial charge in [-0.25, -0.2) is 0 Å². The number of H-pyrrole nitrogens is 1. The highest BCUT2D eigenvalue weighted by molar-refractivity contribution is 5.90. The molecule has 0 aliphatic carbocycles. The summed E-state index contributed by atoms with van der Waals surface area (Å²) in [7, 11) is 2.15. The number of piperazine rings is 1. The van der Waals surface area contributed by atoms with E-state index >= 15 is 0 Å². The Morgan fingerprint density at radius 2 is 1.63 bits per heavy atom. The highest BCUT2D eigenvalue weighted by atomic mass is 16.5. The Morgan fingerprint density at radius 1 is 0.914 bits per heavy atom. The molecule has 1 atom stereocenters. The summed E-state index contributed by atoms with van der Waals surface area (Å²) in [5.41, 5.74) is 2.80. The van der Waals surface area contributed by atoms with E-state index in [1.807, 2.05) is 60.7 Å². The molecule has 1 aromatic heterocycles. The molecule has 1 fully saturated rings. The molecule has 0 amide bonds. The van der Waals surface area contributed by atoms with Gasteiger partial charge in [0.05, 0.1) is 5.52 Å². The van der Waals surface area contributed by atoms with Crippen LogP contribution in [-0.4, -0.2) is 66.6 Å². The SMILES string of the molecule is CN1CCN(c2ccc(C(O)Nc3n[nH]c4cc(OCCOc5ccccc5)ccc34)cc2)CC1. The van der Waals surface area contributed by atoms with Gasteiger partial charge in [-0.05, 0) is 43.4 Å². The second-order valence-corrected chi connectivity index (χ2v) is 8.72. The number of nitrogens with one attached hydrogen (secondary N) is 2. The number of likely N-dealkylation sites (N-methyl/N-ethyl adjacent to an activating group) is 1. The number of hydrogen-bond acceptors (Lipinski definition) is 7. The van der Waals surface area contributed by atoms with E-state index in [1.165, 1.54) is 5.69 Å². The molecule has 3 N–H and O–H groups in total. The average Bonchev–Trinajstić information content (AvgIpc) is 3.29. The van der Waals surface area contributed by atoms with Crippen LogP contribution in [0.3, 0.4) is 0 Å². The van der Waals surface area contributed by atoms with Gasteiger partial charge < -0.3 is 29.7 Å². The number of aromatic nitrogens is 2. The van der Waals surface area contributed by atoms with Crippen molar-refractivity contribution in [3.63, 3.8) is 0 Å². The van der Waals surface area contributed by atoms with E-state index in [9.17, 15) is 5.11 Å². The van der Waals surface area contributed by atoms with E-state index in [0.717, 1.165) is 54.1 Å². The number of para-hydroxylation sites is 1. The highest BCUT2D eigenvalue weighted by Crippen LogP contribution is 2.28.